The first-order valence-electron chi connectivity index (χ1n) is 6.33. The van der Waals surface area contributed by atoms with E-state index < -0.39 is 0 Å². The molecule has 1 aliphatic rings. The van der Waals surface area contributed by atoms with E-state index in [0.29, 0.717) is 10.3 Å². The lowest BCUT2D eigenvalue weighted by Gasteiger charge is -2.32. The zero-order valence-corrected chi connectivity index (χ0v) is 12.0. The number of hydrogen-bond acceptors (Lipinski definition) is 6. The number of nitrogens with zero attached hydrogens (tertiary/aromatic N) is 6. The number of hydrogen-bond donors (Lipinski definition) is 0. The fourth-order valence-corrected chi connectivity index (χ4v) is 3.15. The Kier molecular flexibility index (Phi) is 4.05. The Morgan fingerprint density at radius 1 is 1.47 bits per heavy atom. The van der Waals surface area contributed by atoms with Gasteiger partial charge >= 0.3 is 0 Å². The smallest absolute Gasteiger partial charge is 0.138 e. The van der Waals surface area contributed by atoms with E-state index in [1.54, 1.807) is 12.7 Å². The highest BCUT2D eigenvalue weighted by Crippen LogP contribution is 2.23. The maximum absolute atomic E-state index is 6.05. The highest BCUT2D eigenvalue weighted by Gasteiger charge is 2.22. The summed E-state index contributed by atoms with van der Waals surface area (Å²) in [4.78, 5) is 6.38. The third-order valence-electron chi connectivity index (χ3n) is 3.40. The van der Waals surface area contributed by atoms with Crippen LogP contribution in [0, 0.1) is 5.92 Å². The van der Waals surface area contributed by atoms with Crippen molar-refractivity contribution in [2.45, 2.75) is 25.9 Å². The van der Waals surface area contributed by atoms with Crippen molar-refractivity contribution >= 4 is 23.1 Å². The predicted octanol–water partition coefficient (Wildman–Crippen LogP) is 1.70. The lowest BCUT2D eigenvalue weighted by atomic mass is 9.98. The van der Waals surface area contributed by atoms with Gasteiger partial charge in [0.15, 0.2) is 0 Å². The molecule has 0 bridgehead atoms. The average Bonchev–Trinajstić information content (AvgIpc) is 3.03. The SMILES string of the molecule is Clc1snnc1CN1CCC[C@H](Cn2cncn2)C1. The van der Waals surface area contributed by atoms with Crippen LogP contribution in [0.1, 0.15) is 18.5 Å². The second-order valence-electron chi connectivity index (χ2n) is 4.85. The monoisotopic (exact) mass is 298 g/mol. The van der Waals surface area contributed by atoms with Crippen molar-refractivity contribution in [3.8, 4) is 0 Å². The quantitative estimate of drug-likeness (QED) is 0.860. The van der Waals surface area contributed by atoms with E-state index in [2.05, 4.69) is 24.6 Å². The molecular formula is C11H15ClN6S. The van der Waals surface area contributed by atoms with Crippen molar-refractivity contribution in [2.24, 2.45) is 5.92 Å². The molecule has 2 aromatic rings. The van der Waals surface area contributed by atoms with Crippen molar-refractivity contribution in [1.29, 1.82) is 0 Å². The number of rotatable bonds is 4. The van der Waals surface area contributed by atoms with Crippen molar-refractivity contribution in [3.05, 3.63) is 22.7 Å². The first-order valence-corrected chi connectivity index (χ1v) is 7.48. The fraction of sp³-hybridized carbons (Fsp3) is 0.636. The summed E-state index contributed by atoms with van der Waals surface area (Å²) in [6.45, 7) is 3.87. The van der Waals surface area contributed by atoms with Crippen LogP contribution < -0.4 is 0 Å². The van der Waals surface area contributed by atoms with Crippen LogP contribution in [0.25, 0.3) is 0 Å². The molecule has 0 aliphatic carbocycles. The van der Waals surface area contributed by atoms with Crippen LogP contribution in [0.4, 0.5) is 0 Å². The third-order valence-corrected chi connectivity index (χ3v) is 4.38. The molecule has 102 valence electrons. The van der Waals surface area contributed by atoms with Crippen molar-refractivity contribution in [1.82, 2.24) is 29.3 Å². The van der Waals surface area contributed by atoms with E-state index in [1.165, 1.54) is 24.4 Å². The Labute approximate surface area is 120 Å². The molecule has 0 unspecified atom stereocenters. The van der Waals surface area contributed by atoms with Crippen molar-refractivity contribution in [3.63, 3.8) is 0 Å². The molecule has 2 aromatic heterocycles. The molecule has 0 amide bonds. The highest BCUT2D eigenvalue weighted by atomic mass is 35.5. The van der Waals surface area contributed by atoms with Gasteiger partial charge in [0.05, 0.1) is 0 Å². The number of likely N-dealkylation sites (tertiary alicyclic amines) is 1. The van der Waals surface area contributed by atoms with E-state index >= 15 is 0 Å². The van der Waals surface area contributed by atoms with E-state index in [1.807, 2.05) is 4.68 Å². The van der Waals surface area contributed by atoms with Crippen LogP contribution in [0.3, 0.4) is 0 Å². The summed E-state index contributed by atoms with van der Waals surface area (Å²) in [5, 5.41) is 8.25. The van der Waals surface area contributed by atoms with Crippen LogP contribution >= 0.6 is 23.1 Å². The minimum atomic E-state index is 0.612. The maximum atomic E-state index is 6.05. The van der Waals surface area contributed by atoms with Crippen LogP contribution in [-0.2, 0) is 13.1 Å². The molecule has 3 rings (SSSR count). The molecule has 1 saturated heterocycles. The third kappa shape index (κ3) is 3.29. The van der Waals surface area contributed by atoms with Crippen LogP contribution in [0.5, 0.6) is 0 Å². The molecule has 8 heteroatoms. The highest BCUT2D eigenvalue weighted by molar-refractivity contribution is 7.10. The number of aromatic nitrogens is 5. The second-order valence-corrected chi connectivity index (χ2v) is 6.21. The molecule has 6 nitrogen and oxygen atoms in total. The van der Waals surface area contributed by atoms with E-state index in [9.17, 15) is 0 Å². The van der Waals surface area contributed by atoms with Crippen molar-refractivity contribution < 1.29 is 0 Å². The van der Waals surface area contributed by atoms with Crippen molar-refractivity contribution in [2.75, 3.05) is 13.1 Å². The number of piperidine rings is 1. The summed E-state index contributed by atoms with van der Waals surface area (Å²) in [5.74, 6) is 0.612. The Balaban J connectivity index is 1.57. The van der Waals surface area contributed by atoms with Gasteiger partial charge in [0.2, 0.25) is 0 Å². The molecule has 0 radical (unpaired) electrons. The molecular weight excluding hydrogens is 284 g/mol. The van der Waals surface area contributed by atoms with Crippen LogP contribution in [0.2, 0.25) is 4.34 Å². The molecule has 1 atom stereocenters. The van der Waals surface area contributed by atoms with Gasteiger partial charge in [-0.05, 0) is 25.3 Å². The lowest BCUT2D eigenvalue weighted by Crippen LogP contribution is -2.36. The minimum absolute atomic E-state index is 0.612. The van der Waals surface area contributed by atoms with Gasteiger partial charge in [-0.2, -0.15) is 5.10 Å². The Morgan fingerprint density at radius 3 is 3.16 bits per heavy atom. The summed E-state index contributed by atoms with van der Waals surface area (Å²) < 4.78 is 6.49. The van der Waals surface area contributed by atoms with E-state index in [0.717, 1.165) is 31.9 Å². The first-order chi connectivity index (χ1) is 9.31. The normalized spacial score (nSPS) is 20.8. The van der Waals surface area contributed by atoms with E-state index in [4.69, 9.17) is 11.6 Å². The first kappa shape index (κ1) is 13.0. The summed E-state index contributed by atoms with van der Waals surface area (Å²) >= 11 is 7.31. The minimum Gasteiger partial charge on any atom is -0.297 e. The van der Waals surface area contributed by atoms with Gasteiger partial charge in [-0.25, -0.2) is 4.98 Å². The topological polar surface area (TPSA) is 59.7 Å². The zero-order chi connectivity index (χ0) is 13.1. The van der Waals surface area contributed by atoms with Gasteiger partial charge in [0, 0.05) is 31.2 Å². The van der Waals surface area contributed by atoms with E-state index in [-0.39, 0.29) is 0 Å². The van der Waals surface area contributed by atoms with Crippen LogP contribution in [-0.4, -0.2) is 42.3 Å². The maximum Gasteiger partial charge on any atom is 0.138 e. The van der Waals surface area contributed by atoms with Gasteiger partial charge in [-0.15, -0.1) is 5.10 Å². The van der Waals surface area contributed by atoms with Gasteiger partial charge < -0.3 is 0 Å². The van der Waals surface area contributed by atoms with Crippen LogP contribution in [0.15, 0.2) is 12.7 Å². The molecule has 0 saturated carbocycles. The van der Waals surface area contributed by atoms with Gasteiger partial charge in [-0.3, -0.25) is 9.58 Å². The summed E-state index contributed by atoms with van der Waals surface area (Å²) in [6, 6.07) is 0. The molecule has 1 aliphatic heterocycles. The summed E-state index contributed by atoms with van der Waals surface area (Å²) in [6.07, 6.45) is 5.80. The Morgan fingerprint density at radius 2 is 2.42 bits per heavy atom. The fourth-order valence-electron chi connectivity index (χ4n) is 2.54. The molecule has 19 heavy (non-hydrogen) atoms. The summed E-state index contributed by atoms with van der Waals surface area (Å²) in [7, 11) is 0. The predicted molar refractivity (Wildman–Crippen MR) is 72.9 cm³/mol. The largest absolute Gasteiger partial charge is 0.297 e. The van der Waals surface area contributed by atoms with Gasteiger partial charge in [-0.1, -0.05) is 16.1 Å². The Hall–Kier alpha value is -1.05. The second kappa shape index (κ2) is 5.94. The summed E-state index contributed by atoms with van der Waals surface area (Å²) in [5.41, 5.74) is 0.896. The molecule has 3 heterocycles. The standard InChI is InChI=1S/C11H15ClN6S/c12-11-10(15-16-19-11)6-17-3-1-2-9(4-17)5-18-8-13-7-14-18/h7-9H,1-6H2/t9-/m0/s1. The average molecular weight is 299 g/mol. The van der Waals surface area contributed by atoms with Gasteiger partial charge in [0.25, 0.3) is 0 Å². The zero-order valence-electron chi connectivity index (χ0n) is 10.4. The van der Waals surface area contributed by atoms with Gasteiger partial charge in [0.1, 0.15) is 22.7 Å². The number of halogens is 1. The molecule has 0 aromatic carbocycles. The Bertz CT molecular complexity index is 513. The molecule has 0 N–H and O–H groups in total. The molecule has 1 fully saturated rings. The molecule has 0 spiro atoms. The lowest BCUT2D eigenvalue weighted by molar-refractivity contribution is 0.152.